The molecule has 0 unspecified atom stereocenters. The number of aromatic nitrogens is 5. The topological polar surface area (TPSA) is 115 Å². The lowest BCUT2D eigenvalue weighted by molar-refractivity contribution is -0.122. The number of anilines is 1. The fraction of sp³-hybridized carbons (Fsp3) is 0.364. The van der Waals surface area contributed by atoms with E-state index in [-0.39, 0.29) is 31.2 Å². The molecule has 0 aromatic carbocycles. The molecule has 10 nitrogen and oxygen atoms in total. The SMILES string of the molecule is O=C(Cn1nc(-c2ccncc2)ccc1=O)NCCOc1cc(N2CCCCC2)ncn1. The second-order valence-electron chi connectivity index (χ2n) is 7.41. The molecule has 0 atom stereocenters. The van der Waals surface area contributed by atoms with Crippen molar-refractivity contribution in [3.63, 3.8) is 0 Å². The van der Waals surface area contributed by atoms with Crippen molar-refractivity contribution < 1.29 is 9.53 Å². The molecular weight excluding hydrogens is 410 g/mol. The van der Waals surface area contributed by atoms with Gasteiger partial charge in [0, 0.05) is 43.2 Å². The summed E-state index contributed by atoms with van der Waals surface area (Å²) in [7, 11) is 0. The van der Waals surface area contributed by atoms with Crippen LogP contribution in [0.3, 0.4) is 0 Å². The standard InChI is InChI=1S/C22H25N7O3/c30-20(15-29-22(31)5-4-18(27-29)17-6-8-23-9-7-17)24-10-13-32-21-14-19(25-16-26-21)28-11-2-1-3-12-28/h4-9,14,16H,1-3,10-13,15H2,(H,24,30). The summed E-state index contributed by atoms with van der Waals surface area (Å²) >= 11 is 0. The summed E-state index contributed by atoms with van der Waals surface area (Å²) in [6.07, 6.45) is 8.36. The third-order valence-corrected chi connectivity index (χ3v) is 5.12. The van der Waals surface area contributed by atoms with E-state index in [1.807, 2.05) is 6.07 Å². The summed E-state index contributed by atoms with van der Waals surface area (Å²) in [4.78, 5) is 39.0. The zero-order chi connectivity index (χ0) is 22.2. The molecule has 1 saturated heterocycles. The van der Waals surface area contributed by atoms with Crippen LogP contribution in [0.4, 0.5) is 5.82 Å². The Morgan fingerprint density at radius 2 is 1.88 bits per heavy atom. The quantitative estimate of drug-likeness (QED) is 0.526. The molecule has 3 aromatic heterocycles. The van der Waals surface area contributed by atoms with Gasteiger partial charge in [0.1, 0.15) is 25.3 Å². The molecule has 0 saturated carbocycles. The predicted molar refractivity (Wildman–Crippen MR) is 118 cm³/mol. The van der Waals surface area contributed by atoms with Crippen LogP contribution >= 0.6 is 0 Å². The van der Waals surface area contributed by atoms with Gasteiger partial charge in [-0.1, -0.05) is 0 Å². The number of carbonyl (C=O) groups is 1. The van der Waals surface area contributed by atoms with Crippen LogP contribution in [0.5, 0.6) is 5.88 Å². The number of nitrogens with zero attached hydrogens (tertiary/aromatic N) is 6. The van der Waals surface area contributed by atoms with Gasteiger partial charge in [-0.05, 0) is 37.5 Å². The smallest absolute Gasteiger partial charge is 0.267 e. The van der Waals surface area contributed by atoms with E-state index in [2.05, 4.69) is 30.3 Å². The van der Waals surface area contributed by atoms with Crippen molar-refractivity contribution in [1.82, 2.24) is 30.0 Å². The molecule has 4 rings (SSSR count). The lowest BCUT2D eigenvalue weighted by Crippen LogP contribution is -2.35. The third-order valence-electron chi connectivity index (χ3n) is 5.12. The second kappa shape index (κ2) is 10.5. The molecule has 0 radical (unpaired) electrons. The minimum absolute atomic E-state index is 0.176. The molecule has 0 bridgehead atoms. The van der Waals surface area contributed by atoms with Crippen LogP contribution in [-0.2, 0) is 11.3 Å². The summed E-state index contributed by atoms with van der Waals surface area (Å²) in [6, 6.07) is 8.42. The van der Waals surface area contributed by atoms with Gasteiger partial charge in [0.15, 0.2) is 0 Å². The van der Waals surface area contributed by atoms with E-state index in [0.29, 0.717) is 11.6 Å². The highest BCUT2D eigenvalue weighted by molar-refractivity contribution is 5.75. The van der Waals surface area contributed by atoms with E-state index in [9.17, 15) is 9.59 Å². The Labute approximate surface area is 185 Å². The fourth-order valence-electron chi connectivity index (χ4n) is 3.48. The molecule has 3 aromatic rings. The average Bonchev–Trinajstić information content (AvgIpc) is 2.84. The first-order valence-electron chi connectivity index (χ1n) is 10.6. The first kappa shape index (κ1) is 21.4. The number of ether oxygens (including phenoxy) is 1. The van der Waals surface area contributed by atoms with E-state index in [1.54, 1.807) is 30.6 Å². The van der Waals surface area contributed by atoms with Crippen molar-refractivity contribution in [2.24, 2.45) is 0 Å². The molecule has 1 N–H and O–H groups in total. The normalized spacial score (nSPS) is 13.6. The minimum atomic E-state index is -0.347. The van der Waals surface area contributed by atoms with Crippen LogP contribution in [0.15, 0.2) is 53.8 Å². The first-order valence-corrected chi connectivity index (χ1v) is 10.6. The van der Waals surface area contributed by atoms with Gasteiger partial charge in [-0.2, -0.15) is 5.10 Å². The van der Waals surface area contributed by atoms with Crippen LogP contribution in [0.25, 0.3) is 11.3 Å². The number of hydrogen-bond donors (Lipinski definition) is 1. The Bertz CT molecular complexity index is 1100. The lowest BCUT2D eigenvalue weighted by Gasteiger charge is -2.27. The highest BCUT2D eigenvalue weighted by Crippen LogP contribution is 2.20. The van der Waals surface area contributed by atoms with Gasteiger partial charge in [0.05, 0.1) is 12.2 Å². The highest BCUT2D eigenvalue weighted by Gasteiger charge is 2.13. The van der Waals surface area contributed by atoms with Gasteiger partial charge < -0.3 is 15.0 Å². The minimum Gasteiger partial charge on any atom is -0.476 e. The molecular formula is C22H25N7O3. The molecule has 1 aliphatic heterocycles. The maximum Gasteiger partial charge on any atom is 0.267 e. The van der Waals surface area contributed by atoms with E-state index in [0.717, 1.165) is 42.0 Å². The fourth-order valence-corrected chi connectivity index (χ4v) is 3.48. The summed E-state index contributed by atoms with van der Waals surface area (Å²) in [5.74, 6) is 1.00. The van der Waals surface area contributed by atoms with Crippen LogP contribution in [-0.4, -0.2) is 56.9 Å². The molecule has 0 aliphatic carbocycles. The molecule has 1 aliphatic rings. The van der Waals surface area contributed by atoms with Crippen molar-refractivity contribution in [1.29, 1.82) is 0 Å². The third kappa shape index (κ3) is 5.65. The van der Waals surface area contributed by atoms with E-state index < -0.39 is 0 Å². The lowest BCUT2D eigenvalue weighted by atomic mass is 10.1. The number of pyridine rings is 1. The molecule has 1 amide bonds. The van der Waals surface area contributed by atoms with Crippen molar-refractivity contribution in [3.05, 3.63) is 59.4 Å². The van der Waals surface area contributed by atoms with Gasteiger partial charge in [0.2, 0.25) is 11.8 Å². The number of amides is 1. The second-order valence-corrected chi connectivity index (χ2v) is 7.41. The molecule has 1 fully saturated rings. The highest BCUT2D eigenvalue weighted by atomic mass is 16.5. The van der Waals surface area contributed by atoms with Crippen LogP contribution in [0.2, 0.25) is 0 Å². The summed E-state index contributed by atoms with van der Waals surface area (Å²) in [6.45, 7) is 2.33. The van der Waals surface area contributed by atoms with Crippen molar-refractivity contribution in [2.75, 3.05) is 31.1 Å². The van der Waals surface area contributed by atoms with Crippen LogP contribution in [0, 0.1) is 0 Å². The molecule has 32 heavy (non-hydrogen) atoms. The van der Waals surface area contributed by atoms with Crippen molar-refractivity contribution in [2.45, 2.75) is 25.8 Å². The Kier molecular flexibility index (Phi) is 7.01. The number of nitrogens with one attached hydrogen (secondary N) is 1. The zero-order valence-electron chi connectivity index (χ0n) is 17.7. The maximum atomic E-state index is 12.3. The first-order chi connectivity index (χ1) is 15.7. The number of hydrogen-bond acceptors (Lipinski definition) is 8. The van der Waals surface area contributed by atoms with Crippen molar-refractivity contribution in [3.8, 4) is 17.1 Å². The Morgan fingerprint density at radius 3 is 2.69 bits per heavy atom. The van der Waals surface area contributed by atoms with Gasteiger partial charge >= 0.3 is 0 Å². The average molecular weight is 435 g/mol. The molecule has 166 valence electrons. The monoisotopic (exact) mass is 435 g/mol. The molecule has 4 heterocycles. The largest absolute Gasteiger partial charge is 0.476 e. The van der Waals surface area contributed by atoms with Gasteiger partial charge in [-0.15, -0.1) is 0 Å². The predicted octanol–water partition coefficient (Wildman–Crippen LogP) is 1.28. The van der Waals surface area contributed by atoms with Gasteiger partial charge in [0.25, 0.3) is 5.56 Å². The maximum absolute atomic E-state index is 12.3. The number of piperidine rings is 1. The Morgan fingerprint density at radius 1 is 1.06 bits per heavy atom. The van der Waals surface area contributed by atoms with Gasteiger partial charge in [-0.3, -0.25) is 14.6 Å². The molecule has 0 spiro atoms. The van der Waals surface area contributed by atoms with E-state index >= 15 is 0 Å². The summed E-state index contributed by atoms with van der Waals surface area (Å²) in [5, 5.41) is 7.01. The Hall–Kier alpha value is -3.82. The van der Waals surface area contributed by atoms with E-state index in [4.69, 9.17) is 4.74 Å². The zero-order valence-corrected chi connectivity index (χ0v) is 17.7. The van der Waals surface area contributed by atoms with Crippen LogP contribution in [0.1, 0.15) is 19.3 Å². The summed E-state index contributed by atoms with van der Waals surface area (Å²) < 4.78 is 6.80. The van der Waals surface area contributed by atoms with E-state index in [1.165, 1.54) is 18.8 Å². The molecule has 10 heteroatoms. The van der Waals surface area contributed by atoms with Crippen LogP contribution < -0.4 is 20.5 Å². The Balaban J connectivity index is 1.27. The number of carbonyl (C=O) groups excluding carboxylic acids is 1. The number of rotatable bonds is 8. The van der Waals surface area contributed by atoms with Gasteiger partial charge in [-0.25, -0.2) is 14.6 Å². The van der Waals surface area contributed by atoms with Crippen molar-refractivity contribution >= 4 is 11.7 Å². The summed E-state index contributed by atoms with van der Waals surface area (Å²) in [5.41, 5.74) is 1.06.